The molecule has 1 fully saturated rings. The summed E-state index contributed by atoms with van der Waals surface area (Å²) in [6.45, 7) is 5.11. The lowest BCUT2D eigenvalue weighted by molar-refractivity contribution is 0.482. The Morgan fingerprint density at radius 2 is 1.67 bits per heavy atom. The number of hydrogen-bond acceptors (Lipinski definition) is 3. The number of pyridine rings is 1. The molecule has 0 saturated carbocycles. The average molecular weight is 455 g/mol. The molecule has 0 radical (unpaired) electrons. The largest absolute Gasteiger partial charge is 0.457 e. The summed E-state index contributed by atoms with van der Waals surface area (Å²) in [5.74, 6) is 1.61. The predicted octanol–water partition coefficient (Wildman–Crippen LogP) is 6.18. The standard InChI is InChI=1S/C27H26N4OS/c1-3-30-18-6-8-24(30)26-25(23-7-4-5-17-28-23)29-27(33)31(26)20-11-15-22(16-12-20)32-21-13-9-19(2)10-14-21/h4-18,25-26H,3H2,1-2H3,(H,29,33). The van der Waals surface area contributed by atoms with E-state index in [-0.39, 0.29) is 12.1 Å². The lowest BCUT2D eigenvalue weighted by Gasteiger charge is -2.29. The van der Waals surface area contributed by atoms with E-state index < -0.39 is 0 Å². The van der Waals surface area contributed by atoms with Gasteiger partial charge in [-0.15, -0.1) is 0 Å². The van der Waals surface area contributed by atoms with Crippen molar-refractivity contribution in [3.05, 3.63) is 108 Å². The molecule has 1 N–H and O–H groups in total. The Hall–Kier alpha value is -3.64. The molecule has 0 bridgehead atoms. The molecule has 5 rings (SSSR count). The van der Waals surface area contributed by atoms with Gasteiger partial charge in [0, 0.05) is 30.3 Å². The fourth-order valence-electron chi connectivity index (χ4n) is 4.33. The van der Waals surface area contributed by atoms with Crippen LogP contribution in [0.1, 0.15) is 36.0 Å². The summed E-state index contributed by atoms with van der Waals surface area (Å²) in [5.41, 5.74) is 4.38. The van der Waals surface area contributed by atoms with Gasteiger partial charge in [-0.3, -0.25) is 4.98 Å². The highest BCUT2D eigenvalue weighted by atomic mass is 32.1. The van der Waals surface area contributed by atoms with Crippen molar-refractivity contribution in [3.63, 3.8) is 0 Å². The van der Waals surface area contributed by atoms with Crippen LogP contribution in [0.2, 0.25) is 0 Å². The van der Waals surface area contributed by atoms with Gasteiger partial charge in [0.05, 0.1) is 11.7 Å². The highest BCUT2D eigenvalue weighted by Gasteiger charge is 2.41. The van der Waals surface area contributed by atoms with Crippen LogP contribution in [-0.2, 0) is 6.54 Å². The summed E-state index contributed by atoms with van der Waals surface area (Å²) in [6.07, 6.45) is 3.94. The monoisotopic (exact) mass is 454 g/mol. The third-order valence-electron chi connectivity index (χ3n) is 5.98. The molecule has 33 heavy (non-hydrogen) atoms. The van der Waals surface area contributed by atoms with Gasteiger partial charge >= 0.3 is 0 Å². The van der Waals surface area contributed by atoms with Crippen molar-refractivity contribution in [1.82, 2.24) is 14.9 Å². The Bertz CT molecular complexity index is 1240. The van der Waals surface area contributed by atoms with Gasteiger partial charge < -0.3 is 19.5 Å². The van der Waals surface area contributed by atoms with E-state index in [1.165, 1.54) is 11.3 Å². The predicted molar refractivity (Wildman–Crippen MR) is 136 cm³/mol. The van der Waals surface area contributed by atoms with Crippen LogP contribution < -0.4 is 15.0 Å². The second kappa shape index (κ2) is 9.08. The van der Waals surface area contributed by atoms with Crippen molar-refractivity contribution in [2.24, 2.45) is 0 Å². The minimum absolute atomic E-state index is 0.0220. The van der Waals surface area contributed by atoms with Crippen molar-refractivity contribution in [2.75, 3.05) is 4.90 Å². The number of hydrogen-bond donors (Lipinski definition) is 1. The maximum atomic E-state index is 6.02. The maximum Gasteiger partial charge on any atom is 0.174 e. The Morgan fingerprint density at radius 3 is 2.33 bits per heavy atom. The van der Waals surface area contributed by atoms with Gasteiger partial charge in [-0.05, 0) is 86.7 Å². The first-order valence-electron chi connectivity index (χ1n) is 11.1. The van der Waals surface area contributed by atoms with E-state index >= 15 is 0 Å². The third kappa shape index (κ3) is 4.22. The van der Waals surface area contributed by atoms with E-state index in [4.69, 9.17) is 17.0 Å². The van der Waals surface area contributed by atoms with Gasteiger partial charge in [-0.25, -0.2) is 0 Å². The summed E-state index contributed by atoms with van der Waals surface area (Å²) in [7, 11) is 0. The molecule has 2 unspecified atom stereocenters. The zero-order chi connectivity index (χ0) is 22.8. The molecule has 2 aromatic heterocycles. The van der Waals surface area contributed by atoms with E-state index in [9.17, 15) is 0 Å². The SMILES string of the molecule is CCn1cccc1C1C(c2ccccn2)NC(=S)N1c1ccc(Oc2ccc(C)cc2)cc1. The van der Waals surface area contributed by atoms with Gasteiger partial charge in [0.1, 0.15) is 17.5 Å². The molecule has 0 aliphatic carbocycles. The normalized spacial score (nSPS) is 17.8. The Morgan fingerprint density at radius 1 is 0.939 bits per heavy atom. The molecule has 2 aromatic carbocycles. The van der Waals surface area contributed by atoms with Crippen molar-refractivity contribution >= 4 is 23.0 Å². The zero-order valence-electron chi connectivity index (χ0n) is 18.7. The fraction of sp³-hybridized carbons (Fsp3) is 0.185. The van der Waals surface area contributed by atoms with E-state index in [2.05, 4.69) is 70.1 Å². The molecule has 166 valence electrons. The zero-order valence-corrected chi connectivity index (χ0v) is 19.5. The molecule has 1 aliphatic heterocycles. The van der Waals surface area contributed by atoms with Gasteiger partial charge in [0.15, 0.2) is 5.11 Å². The van der Waals surface area contributed by atoms with Crippen molar-refractivity contribution < 1.29 is 4.74 Å². The number of thiocarbonyl (C=S) groups is 1. The van der Waals surface area contributed by atoms with E-state index in [1.54, 1.807) is 0 Å². The van der Waals surface area contributed by atoms with Gasteiger partial charge in [-0.1, -0.05) is 23.8 Å². The van der Waals surface area contributed by atoms with Crippen molar-refractivity contribution in [1.29, 1.82) is 0 Å². The summed E-state index contributed by atoms with van der Waals surface area (Å²) >= 11 is 5.83. The van der Waals surface area contributed by atoms with Crippen LogP contribution >= 0.6 is 12.2 Å². The summed E-state index contributed by atoms with van der Waals surface area (Å²) < 4.78 is 8.28. The molecule has 0 amide bonds. The molecule has 2 atom stereocenters. The van der Waals surface area contributed by atoms with Crippen LogP contribution in [0.25, 0.3) is 0 Å². The first-order valence-corrected chi connectivity index (χ1v) is 11.5. The first-order chi connectivity index (χ1) is 16.1. The Labute approximate surface area is 199 Å². The second-order valence-electron chi connectivity index (χ2n) is 8.12. The Balaban J connectivity index is 1.48. The Kier molecular flexibility index (Phi) is 5.84. The second-order valence-corrected chi connectivity index (χ2v) is 8.51. The molecule has 6 heteroatoms. The average Bonchev–Trinajstić information content (AvgIpc) is 3.45. The third-order valence-corrected chi connectivity index (χ3v) is 6.29. The van der Waals surface area contributed by atoms with Gasteiger partial charge in [0.25, 0.3) is 0 Å². The van der Waals surface area contributed by atoms with E-state index in [1.807, 2.05) is 54.7 Å². The van der Waals surface area contributed by atoms with Crippen molar-refractivity contribution in [3.8, 4) is 11.5 Å². The first kappa shape index (κ1) is 21.2. The number of nitrogens with one attached hydrogen (secondary N) is 1. The minimum atomic E-state index is -0.0533. The topological polar surface area (TPSA) is 42.3 Å². The number of benzene rings is 2. The smallest absolute Gasteiger partial charge is 0.174 e. The van der Waals surface area contributed by atoms with Gasteiger partial charge in [-0.2, -0.15) is 0 Å². The number of anilines is 1. The van der Waals surface area contributed by atoms with Crippen LogP contribution in [0.5, 0.6) is 11.5 Å². The number of aryl methyl sites for hydroxylation is 2. The van der Waals surface area contributed by atoms with Crippen LogP contribution in [0.4, 0.5) is 5.69 Å². The van der Waals surface area contributed by atoms with Crippen LogP contribution in [-0.4, -0.2) is 14.7 Å². The van der Waals surface area contributed by atoms with Gasteiger partial charge in [0.2, 0.25) is 0 Å². The number of rotatable bonds is 6. The summed E-state index contributed by atoms with van der Waals surface area (Å²) in [6, 6.07) is 26.3. The molecule has 5 nitrogen and oxygen atoms in total. The highest BCUT2D eigenvalue weighted by Crippen LogP contribution is 2.42. The van der Waals surface area contributed by atoms with Crippen LogP contribution in [0, 0.1) is 6.92 Å². The molecule has 1 saturated heterocycles. The summed E-state index contributed by atoms with van der Waals surface area (Å²) in [4.78, 5) is 6.81. The van der Waals surface area contributed by atoms with E-state index in [0.717, 1.165) is 29.4 Å². The maximum absolute atomic E-state index is 6.02. The molecule has 4 aromatic rings. The fourth-order valence-corrected chi connectivity index (χ4v) is 4.68. The molecular formula is C27H26N4OS. The molecular weight excluding hydrogens is 428 g/mol. The van der Waals surface area contributed by atoms with Crippen molar-refractivity contribution in [2.45, 2.75) is 32.5 Å². The lowest BCUT2D eigenvalue weighted by atomic mass is 10.0. The number of ether oxygens (including phenoxy) is 1. The molecule has 1 aliphatic rings. The van der Waals surface area contributed by atoms with Crippen LogP contribution in [0.15, 0.2) is 91.3 Å². The molecule has 3 heterocycles. The lowest BCUT2D eigenvalue weighted by Crippen LogP contribution is -2.30. The minimum Gasteiger partial charge on any atom is -0.457 e. The van der Waals surface area contributed by atoms with Crippen LogP contribution in [0.3, 0.4) is 0 Å². The summed E-state index contributed by atoms with van der Waals surface area (Å²) in [5, 5.41) is 4.21. The molecule has 0 spiro atoms. The quantitative estimate of drug-likeness (QED) is 0.352. The number of aromatic nitrogens is 2. The number of nitrogens with zero attached hydrogens (tertiary/aromatic N) is 3. The van der Waals surface area contributed by atoms with E-state index in [0.29, 0.717) is 5.11 Å². The highest BCUT2D eigenvalue weighted by molar-refractivity contribution is 7.80.